The molecule has 8 aliphatic carbocycles. The fourth-order valence-corrected chi connectivity index (χ4v) is 18.4. The zero-order valence-electron chi connectivity index (χ0n) is 55.7. The molecule has 4 aliphatic heterocycles. The van der Waals surface area contributed by atoms with E-state index in [4.69, 9.17) is 9.47 Å². The molecule has 4 heterocycles. The van der Waals surface area contributed by atoms with Crippen molar-refractivity contribution >= 4 is 0 Å². The van der Waals surface area contributed by atoms with E-state index in [1.54, 1.807) is 12.8 Å². The highest BCUT2D eigenvalue weighted by atomic mass is 16.5. The molecule has 0 amide bonds. The maximum Gasteiger partial charge on any atom is 0.0731 e. The van der Waals surface area contributed by atoms with Gasteiger partial charge < -0.3 is 9.47 Å². The number of nitrogens with zero attached hydrogens (tertiary/aromatic N) is 4. The van der Waals surface area contributed by atoms with Gasteiger partial charge in [0, 0.05) is 73.5 Å². The largest absolute Gasteiger partial charge is 0.375 e. The van der Waals surface area contributed by atoms with Crippen LogP contribution >= 0.6 is 0 Å². The topological polar surface area (TPSA) is 31.4 Å². The van der Waals surface area contributed by atoms with Crippen LogP contribution < -0.4 is 0 Å². The van der Waals surface area contributed by atoms with Crippen LogP contribution in [-0.4, -0.2) is 119 Å². The first-order chi connectivity index (χ1) is 36.5. The van der Waals surface area contributed by atoms with Crippen molar-refractivity contribution in [3.63, 3.8) is 0 Å². The molecule has 456 valence electrons. The van der Waals surface area contributed by atoms with Crippen LogP contribution in [0.25, 0.3) is 0 Å². The molecule has 0 N–H and O–H groups in total. The smallest absolute Gasteiger partial charge is 0.0731 e. The van der Waals surface area contributed by atoms with Gasteiger partial charge in [0.25, 0.3) is 0 Å². The zero-order chi connectivity index (χ0) is 56.8. The first kappa shape index (κ1) is 65.3. The van der Waals surface area contributed by atoms with E-state index in [0.29, 0.717) is 57.3 Å². The van der Waals surface area contributed by atoms with Crippen LogP contribution in [0.15, 0.2) is 0 Å². The van der Waals surface area contributed by atoms with E-state index in [9.17, 15) is 0 Å². The molecule has 0 bridgehead atoms. The van der Waals surface area contributed by atoms with Crippen LogP contribution in [0.4, 0.5) is 0 Å². The van der Waals surface area contributed by atoms with Crippen LogP contribution in [-0.2, 0) is 9.47 Å². The van der Waals surface area contributed by atoms with Crippen molar-refractivity contribution in [1.29, 1.82) is 0 Å². The van der Waals surface area contributed by atoms with Gasteiger partial charge in [-0.25, -0.2) is 0 Å². The van der Waals surface area contributed by atoms with Crippen LogP contribution in [0.5, 0.6) is 0 Å². The van der Waals surface area contributed by atoms with Gasteiger partial charge in [0.15, 0.2) is 0 Å². The molecule has 0 spiro atoms. The standard InChI is InChI=1S/2C13H24.2C12H23N.2C11H21NO/c2*1-13(2,3)12-8-7-10-5-4-6-11(10)9-12;2*1-12(2,3)13-8-10-6-4-5-7-11(10)9-13;2*1-11(2,3)12-7-8-13-10-6-4-5-9(10)12/h2*10-12H,4-9H2,1-3H3;2*10-11H,4-9H2,1-3H3;2*9-10H,4-8H2,1-3H3/t10-,11+,12?;10-,11-,12?;10-,11+;10-,11-;9-,10+;9-,10-/m11.010/s1. The third-order valence-electron chi connectivity index (χ3n) is 23.6. The highest BCUT2D eigenvalue weighted by Crippen LogP contribution is 2.50. The second kappa shape index (κ2) is 27.9. The van der Waals surface area contributed by atoms with Gasteiger partial charge in [0.2, 0.25) is 0 Å². The maximum atomic E-state index is 5.79. The molecule has 6 nitrogen and oxygen atoms in total. The number of fused-ring (bicyclic) bond motifs is 6. The number of morpholine rings is 2. The van der Waals surface area contributed by atoms with E-state index in [0.717, 1.165) is 85.5 Å². The molecule has 12 rings (SSSR count). The van der Waals surface area contributed by atoms with Crippen molar-refractivity contribution < 1.29 is 9.47 Å². The second-order valence-electron chi connectivity index (χ2n) is 35.0. The summed E-state index contributed by atoms with van der Waals surface area (Å²) < 4.78 is 11.6. The SMILES string of the molecule is CC(C)(C)C1CC[C@H]2CCC[C@@H]2C1.CC(C)(C)C1CC[C@H]2CCC[C@H]2C1.CC(C)(C)N1CCO[C@H]2CCC[C@@H]21.CC(C)(C)N1CCO[C@H]2CCC[C@H]21.CC(C)(C)N1C[C@@H]2CCCC[C@H]2C1.CC(C)(C)N1C[C@H]2CCCC[C@H]2C1. The summed E-state index contributed by atoms with van der Waals surface area (Å²) in [6.45, 7) is 52.1. The minimum atomic E-state index is 0.317. The Balaban J connectivity index is 0.000000136. The molecule has 0 aromatic rings. The summed E-state index contributed by atoms with van der Waals surface area (Å²) in [7, 11) is 0. The summed E-state index contributed by atoms with van der Waals surface area (Å²) in [5, 5.41) is 0. The van der Waals surface area contributed by atoms with Crippen LogP contribution in [0.3, 0.4) is 0 Å². The summed E-state index contributed by atoms with van der Waals surface area (Å²) in [6, 6.07) is 1.41. The zero-order valence-corrected chi connectivity index (χ0v) is 55.7. The number of likely N-dealkylation sites (tertiary alicyclic amines) is 2. The lowest BCUT2D eigenvalue weighted by Crippen LogP contribution is -2.56. The van der Waals surface area contributed by atoms with Gasteiger partial charge in [-0.05, 0) is 256 Å². The van der Waals surface area contributed by atoms with Crippen molar-refractivity contribution in [3.8, 4) is 0 Å². The van der Waals surface area contributed by atoms with Crippen molar-refractivity contribution in [2.45, 2.75) is 338 Å². The van der Waals surface area contributed by atoms with Gasteiger partial charge in [0.05, 0.1) is 25.4 Å². The fourth-order valence-electron chi connectivity index (χ4n) is 18.4. The molecule has 0 aromatic carbocycles. The molecule has 78 heavy (non-hydrogen) atoms. The Kier molecular flexibility index (Phi) is 23.3. The van der Waals surface area contributed by atoms with E-state index in [1.807, 2.05) is 0 Å². The minimum Gasteiger partial charge on any atom is -0.375 e. The molecule has 2 unspecified atom stereocenters. The van der Waals surface area contributed by atoms with Crippen molar-refractivity contribution in [1.82, 2.24) is 19.6 Å². The highest BCUT2D eigenvalue weighted by molar-refractivity contribution is 4.97. The predicted molar refractivity (Wildman–Crippen MR) is 336 cm³/mol. The quantitative estimate of drug-likeness (QED) is 0.240. The Morgan fingerprint density at radius 2 is 0.577 bits per heavy atom. The minimum absolute atomic E-state index is 0.317. The lowest BCUT2D eigenvalue weighted by Gasteiger charge is -2.45. The van der Waals surface area contributed by atoms with E-state index in [2.05, 4.69) is 144 Å². The van der Waals surface area contributed by atoms with Crippen LogP contribution in [0, 0.1) is 70.0 Å². The molecule has 12 fully saturated rings. The fraction of sp³-hybridized carbons (Fsp3) is 1.00. The number of hydrogen-bond donors (Lipinski definition) is 0. The van der Waals surface area contributed by atoms with Gasteiger partial charge in [-0.2, -0.15) is 0 Å². The van der Waals surface area contributed by atoms with Gasteiger partial charge in [-0.1, -0.05) is 106 Å². The molecule has 0 aromatic heterocycles. The first-order valence-corrected chi connectivity index (χ1v) is 34.7. The Hall–Kier alpha value is -0.240. The molecule has 4 saturated heterocycles. The van der Waals surface area contributed by atoms with Crippen LogP contribution in [0.1, 0.15) is 292 Å². The number of rotatable bonds is 0. The summed E-state index contributed by atoms with van der Waals surface area (Å²) >= 11 is 0. The molecule has 0 radical (unpaired) electrons. The Morgan fingerprint density at radius 1 is 0.282 bits per heavy atom. The Labute approximate surface area is 487 Å². The normalized spacial score (nSPS) is 37.6. The highest BCUT2D eigenvalue weighted by Gasteiger charge is 2.44. The lowest BCUT2D eigenvalue weighted by molar-refractivity contribution is -0.0871. The van der Waals surface area contributed by atoms with Gasteiger partial charge >= 0.3 is 0 Å². The van der Waals surface area contributed by atoms with Crippen molar-refractivity contribution in [2.75, 3.05) is 52.5 Å². The summed E-state index contributed by atoms with van der Waals surface area (Å²) in [5.41, 5.74) is 2.56. The van der Waals surface area contributed by atoms with E-state index < -0.39 is 0 Å². The summed E-state index contributed by atoms with van der Waals surface area (Å²) in [5.74, 6) is 10.6. The summed E-state index contributed by atoms with van der Waals surface area (Å²) in [6.07, 6.45) is 39.3. The maximum absolute atomic E-state index is 5.79. The Morgan fingerprint density at radius 3 is 0.872 bits per heavy atom. The molecular formula is C72H136N4O2. The van der Waals surface area contributed by atoms with Gasteiger partial charge in [-0.15, -0.1) is 0 Å². The molecular weight excluding hydrogens is 953 g/mol. The van der Waals surface area contributed by atoms with Crippen LogP contribution in [0.2, 0.25) is 0 Å². The van der Waals surface area contributed by atoms with Gasteiger partial charge in [0.1, 0.15) is 0 Å². The molecule has 8 saturated carbocycles. The van der Waals surface area contributed by atoms with E-state index in [1.165, 1.54) is 180 Å². The van der Waals surface area contributed by atoms with E-state index in [-0.39, 0.29) is 0 Å². The number of hydrogen-bond acceptors (Lipinski definition) is 6. The summed E-state index contributed by atoms with van der Waals surface area (Å²) in [4.78, 5) is 10.6. The van der Waals surface area contributed by atoms with Gasteiger partial charge in [-0.3, -0.25) is 19.6 Å². The third kappa shape index (κ3) is 18.4. The molecule has 14 atom stereocenters. The lowest BCUT2D eigenvalue weighted by atomic mass is 9.66. The first-order valence-electron chi connectivity index (χ1n) is 34.7. The second-order valence-corrected chi connectivity index (χ2v) is 35.0. The average molecular weight is 1090 g/mol. The molecule has 6 heteroatoms. The average Bonchev–Trinajstić information content (AvgIpc) is 4.23. The third-order valence-corrected chi connectivity index (χ3v) is 23.6. The predicted octanol–water partition coefficient (Wildman–Crippen LogP) is 18.4. The Bertz CT molecular complexity index is 1560. The monoisotopic (exact) mass is 1090 g/mol. The molecule has 12 aliphatic rings. The van der Waals surface area contributed by atoms with Crippen molar-refractivity contribution in [3.05, 3.63) is 0 Å². The van der Waals surface area contributed by atoms with Crippen molar-refractivity contribution in [2.24, 2.45) is 70.0 Å². The number of ether oxygens (including phenoxy) is 2. The van der Waals surface area contributed by atoms with E-state index >= 15 is 0 Å².